The molecule has 1 aromatic heterocycles. The Kier molecular flexibility index (Phi) is 5.70. The average molecular weight is 420 g/mol. The first kappa shape index (κ1) is 19.4. The lowest BCUT2D eigenvalue weighted by Crippen LogP contribution is -2.57. The summed E-state index contributed by atoms with van der Waals surface area (Å²) in [5.41, 5.74) is 1.16. The Morgan fingerprint density at radius 1 is 0.929 bits per heavy atom. The Morgan fingerprint density at radius 2 is 1.68 bits per heavy atom. The average Bonchev–Trinajstić information content (AvgIpc) is 3.30. The number of carbonyl (C=O) groups is 1. The maximum absolute atomic E-state index is 13.2. The van der Waals surface area contributed by atoms with Crippen LogP contribution in [0.2, 0.25) is 0 Å². The number of piperidine rings is 1. The van der Waals surface area contributed by atoms with Crippen LogP contribution in [0.15, 0.2) is 52.1 Å². The van der Waals surface area contributed by atoms with Crippen LogP contribution in [0.1, 0.15) is 19.3 Å². The molecule has 0 bridgehead atoms. The fourth-order valence-corrected chi connectivity index (χ4v) is 6.77. The number of hydrogen-bond donors (Lipinski definition) is 0. The van der Waals surface area contributed by atoms with E-state index in [1.54, 1.807) is 17.5 Å². The van der Waals surface area contributed by atoms with Crippen molar-refractivity contribution in [1.29, 1.82) is 0 Å². The van der Waals surface area contributed by atoms with Crippen molar-refractivity contribution in [3.63, 3.8) is 0 Å². The zero-order valence-corrected chi connectivity index (χ0v) is 17.4. The van der Waals surface area contributed by atoms with E-state index in [0.717, 1.165) is 31.6 Å². The molecule has 2 saturated heterocycles. The van der Waals surface area contributed by atoms with Crippen molar-refractivity contribution < 1.29 is 13.2 Å². The van der Waals surface area contributed by atoms with Gasteiger partial charge >= 0.3 is 0 Å². The first-order valence-electron chi connectivity index (χ1n) is 9.71. The van der Waals surface area contributed by atoms with E-state index in [2.05, 4.69) is 17.0 Å². The fraction of sp³-hybridized carbons (Fsp3) is 0.450. The molecule has 0 spiro atoms. The monoisotopic (exact) mass is 419 g/mol. The summed E-state index contributed by atoms with van der Waals surface area (Å²) in [6.45, 7) is 3.19. The van der Waals surface area contributed by atoms with Gasteiger partial charge in [-0.3, -0.25) is 4.79 Å². The zero-order chi connectivity index (χ0) is 19.6. The summed E-state index contributed by atoms with van der Waals surface area (Å²) in [6.07, 6.45) is 2.29. The highest BCUT2D eigenvalue weighted by Crippen LogP contribution is 2.29. The Balaban J connectivity index is 1.46. The quantitative estimate of drug-likeness (QED) is 0.764. The van der Waals surface area contributed by atoms with Crippen molar-refractivity contribution in [3.05, 3.63) is 47.8 Å². The second-order valence-corrected chi connectivity index (χ2v) is 10.3. The maximum atomic E-state index is 13.2. The number of thiophene rings is 1. The number of benzene rings is 1. The molecule has 150 valence electrons. The minimum atomic E-state index is -3.61. The molecular weight excluding hydrogens is 394 g/mol. The highest BCUT2D eigenvalue weighted by atomic mass is 32.2. The second-order valence-electron chi connectivity index (χ2n) is 7.21. The lowest BCUT2D eigenvalue weighted by atomic mass is 10.0. The van der Waals surface area contributed by atoms with Gasteiger partial charge < -0.3 is 9.80 Å². The van der Waals surface area contributed by atoms with E-state index in [1.165, 1.54) is 15.6 Å². The summed E-state index contributed by atoms with van der Waals surface area (Å²) in [4.78, 5) is 17.3. The van der Waals surface area contributed by atoms with Crippen LogP contribution in [-0.2, 0) is 14.8 Å². The number of amides is 1. The number of para-hydroxylation sites is 1. The molecule has 28 heavy (non-hydrogen) atoms. The van der Waals surface area contributed by atoms with Gasteiger partial charge in [-0.15, -0.1) is 11.3 Å². The third-order valence-corrected chi connectivity index (χ3v) is 8.79. The number of rotatable bonds is 4. The summed E-state index contributed by atoms with van der Waals surface area (Å²) in [5, 5.41) is 1.76. The zero-order valence-electron chi connectivity index (χ0n) is 15.7. The third kappa shape index (κ3) is 3.81. The molecule has 1 atom stereocenters. The van der Waals surface area contributed by atoms with Crippen LogP contribution in [-0.4, -0.2) is 62.3 Å². The Bertz CT molecular complexity index is 892. The van der Waals surface area contributed by atoms with Crippen molar-refractivity contribution in [1.82, 2.24) is 9.21 Å². The molecule has 0 saturated carbocycles. The van der Waals surface area contributed by atoms with Gasteiger partial charge in [0, 0.05) is 38.4 Å². The van der Waals surface area contributed by atoms with E-state index < -0.39 is 16.1 Å². The van der Waals surface area contributed by atoms with E-state index in [1.807, 2.05) is 23.1 Å². The van der Waals surface area contributed by atoms with Crippen molar-refractivity contribution >= 4 is 33.0 Å². The summed E-state index contributed by atoms with van der Waals surface area (Å²) in [6, 6.07) is 13.0. The normalized spacial score (nSPS) is 21.6. The Morgan fingerprint density at radius 3 is 2.36 bits per heavy atom. The van der Waals surface area contributed by atoms with Gasteiger partial charge in [-0.05, 0) is 36.4 Å². The van der Waals surface area contributed by atoms with E-state index >= 15 is 0 Å². The van der Waals surface area contributed by atoms with Gasteiger partial charge in [-0.1, -0.05) is 30.7 Å². The number of nitrogens with zero attached hydrogens (tertiary/aromatic N) is 3. The van der Waals surface area contributed by atoms with Gasteiger partial charge in [-0.2, -0.15) is 4.31 Å². The Hall–Kier alpha value is -1.90. The number of hydrogen-bond acceptors (Lipinski definition) is 5. The summed E-state index contributed by atoms with van der Waals surface area (Å²) in [7, 11) is -3.61. The minimum absolute atomic E-state index is 0.0486. The predicted octanol–water partition coefficient (Wildman–Crippen LogP) is 2.64. The van der Waals surface area contributed by atoms with Gasteiger partial charge in [0.2, 0.25) is 5.91 Å². The fourth-order valence-electron chi connectivity index (χ4n) is 4.00. The van der Waals surface area contributed by atoms with E-state index in [0.29, 0.717) is 30.3 Å². The van der Waals surface area contributed by atoms with Crippen LogP contribution in [0.25, 0.3) is 0 Å². The van der Waals surface area contributed by atoms with Crippen LogP contribution < -0.4 is 4.90 Å². The maximum Gasteiger partial charge on any atom is 0.253 e. The molecule has 2 fully saturated rings. The number of carbonyl (C=O) groups excluding carboxylic acids is 1. The molecule has 2 aliphatic heterocycles. The van der Waals surface area contributed by atoms with E-state index in [-0.39, 0.29) is 5.91 Å². The van der Waals surface area contributed by atoms with Crippen LogP contribution in [0.5, 0.6) is 0 Å². The highest BCUT2D eigenvalue weighted by molar-refractivity contribution is 7.91. The first-order chi connectivity index (χ1) is 13.6. The number of piperazine rings is 1. The van der Waals surface area contributed by atoms with Crippen LogP contribution in [0.3, 0.4) is 0 Å². The van der Waals surface area contributed by atoms with Gasteiger partial charge in [0.05, 0.1) is 0 Å². The molecule has 2 aliphatic rings. The van der Waals surface area contributed by atoms with Gasteiger partial charge in [0.15, 0.2) is 0 Å². The summed E-state index contributed by atoms with van der Waals surface area (Å²) >= 11 is 1.21. The van der Waals surface area contributed by atoms with Crippen LogP contribution in [0, 0.1) is 0 Å². The molecule has 1 amide bonds. The van der Waals surface area contributed by atoms with Crippen molar-refractivity contribution in [2.45, 2.75) is 29.5 Å². The SMILES string of the molecule is O=C(C1CCCCN1S(=O)(=O)c1cccs1)N1CCN(c2ccccc2)CC1. The molecular formula is C20H25N3O3S2. The van der Waals surface area contributed by atoms with Gasteiger partial charge in [0.25, 0.3) is 10.0 Å². The topological polar surface area (TPSA) is 60.9 Å². The molecule has 1 aromatic carbocycles. The van der Waals surface area contributed by atoms with Crippen LogP contribution in [0.4, 0.5) is 5.69 Å². The largest absolute Gasteiger partial charge is 0.368 e. The van der Waals surface area contributed by atoms with Crippen molar-refractivity contribution in [2.75, 3.05) is 37.6 Å². The standard InChI is InChI=1S/C20H25N3O3S2/c24-20(22-14-12-21(13-15-22)17-7-2-1-3-8-17)18-9-4-5-11-23(18)28(25,26)19-10-6-16-27-19/h1-3,6-8,10,16,18H,4-5,9,11-15H2. The summed E-state index contributed by atoms with van der Waals surface area (Å²) < 4.78 is 27.8. The molecule has 4 rings (SSSR count). The minimum Gasteiger partial charge on any atom is -0.368 e. The van der Waals surface area contributed by atoms with E-state index in [9.17, 15) is 13.2 Å². The first-order valence-corrected chi connectivity index (χ1v) is 12.0. The molecule has 0 N–H and O–H groups in total. The molecule has 0 aliphatic carbocycles. The van der Waals surface area contributed by atoms with Crippen molar-refractivity contribution in [2.24, 2.45) is 0 Å². The molecule has 8 heteroatoms. The van der Waals surface area contributed by atoms with Crippen LogP contribution >= 0.6 is 11.3 Å². The molecule has 6 nitrogen and oxygen atoms in total. The number of sulfonamides is 1. The predicted molar refractivity (Wildman–Crippen MR) is 111 cm³/mol. The number of anilines is 1. The molecule has 3 heterocycles. The summed E-state index contributed by atoms with van der Waals surface area (Å²) in [5.74, 6) is -0.0486. The Labute approximate surface area is 170 Å². The van der Waals surface area contributed by atoms with Gasteiger partial charge in [-0.25, -0.2) is 8.42 Å². The lowest BCUT2D eigenvalue weighted by molar-refractivity contribution is -0.136. The third-order valence-electron chi connectivity index (χ3n) is 5.51. The van der Waals surface area contributed by atoms with Gasteiger partial charge in [0.1, 0.15) is 10.3 Å². The molecule has 1 unspecified atom stereocenters. The molecule has 2 aromatic rings. The smallest absolute Gasteiger partial charge is 0.253 e. The highest BCUT2D eigenvalue weighted by Gasteiger charge is 2.40. The molecule has 0 radical (unpaired) electrons. The second kappa shape index (κ2) is 8.23. The lowest BCUT2D eigenvalue weighted by Gasteiger charge is -2.40. The van der Waals surface area contributed by atoms with E-state index in [4.69, 9.17) is 0 Å². The van der Waals surface area contributed by atoms with Crippen molar-refractivity contribution in [3.8, 4) is 0 Å².